The van der Waals surface area contributed by atoms with Gasteiger partial charge in [0.05, 0.1) is 12.1 Å². The summed E-state index contributed by atoms with van der Waals surface area (Å²) in [5.74, 6) is -2.22. The van der Waals surface area contributed by atoms with Crippen LogP contribution in [-0.4, -0.2) is 30.6 Å². The molecule has 2 aromatic carbocycles. The van der Waals surface area contributed by atoms with Crippen LogP contribution in [0, 0.1) is 40.4 Å². The number of hydrogen-bond acceptors (Lipinski definition) is 7. The smallest absolute Gasteiger partial charge is 0.873 e. The average molecular weight is 623 g/mol. The van der Waals surface area contributed by atoms with Crippen LogP contribution in [0.4, 0.5) is 0 Å². The van der Waals surface area contributed by atoms with E-state index >= 15 is 0 Å². The molecule has 0 aromatic heterocycles. The molecule has 1 aliphatic carbocycles. The second-order valence-corrected chi connectivity index (χ2v) is 7.37. The monoisotopic (exact) mass is 624 g/mol. The van der Waals surface area contributed by atoms with Gasteiger partial charge in [-0.1, -0.05) is 63.1 Å². The van der Waals surface area contributed by atoms with Gasteiger partial charge in [-0.2, -0.15) is 0 Å². The van der Waals surface area contributed by atoms with Crippen LogP contribution in [0.2, 0.25) is 0 Å². The maximum absolute atomic E-state index is 11.8. The predicted octanol–water partition coefficient (Wildman–Crippen LogP) is 0.583. The molecule has 174 valence electrons. The molecule has 2 aromatic rings. The summed E-state index contributed by atoms with van der Waals surface area (Å²) in [6.07, 6.45) is 6.11. The molecule has 0 N–H and O–H groups in total. The normalized spacial score (nSPS) is 18.0. The molecule has 7 nitrogen and oxygen atoms in total. The zero-order chi connectivity index (χ0) is 22.1. The molecule has 2 atom stereocenters. The van der Waals surface area contributed by atoms with E-state index in [-0.39, 0.29) is 80.7 Å². The van der Waals surface area contributed by atoms with E-state index in [1.54, 1.807) is 26.0 Å². The molecule has 0 aliphatic heterocycles. The van der Waals surface area contributed by atoms with Gasteiger partial charge in [-0.05, 0) is 24.0 Å². The third-order valence-corrected chi connectivity index (χ3v) is 4.52. The van der Waals surface area contributed by atoms with Crippen molar-refractivity contribution < 1.29 is 83.0 Å². The van der Waals surface area contributed by atoms with Gasteiger partial charge in [-0.15, -0.1) is 29.1 Å². The first kappa shape index (κ1) is 30.8. The van der Waals surface area contributed by atoms with E-state index in [4.69, 9.17) is 0 Å². The summed E-state index contributed by atoms with van der Waals surface area (Å²) in [5, 5.41) is 56.0. The third kappa shape index (κ3) is 9.74. The van der Waals surface area contributed by atoms with Crippen molar-refractivity contribution in [2.24, 2.45) is 9.98 Å². The molecule has 32 heavy (non-hydrogen) atoms. The van der Waals surface area contributed by atoms with Gasteiger partial charge in [0.1, 0.15) is 0 Å². The molecule has 2 radical (unpaired) electrons. The van der Waals surface area contributed by atoms with Crippen LogP contribution < -0.4 is 25.5 Å². The number of rotatable bonds is 4. The zero-order valence-corrected chi connectivity index (χ0v) is 21.4. The maximum atomic E-state index is 11.8. The number of aliphatic imine (C=N–C) groups is 2. The third-order valence-electron chi connectivity index (χ3n) is 4.52. The quantitative estimate of drug-likeness (QED) is 0.362. The molecule has 1 fully saturated rings. The van der Waals surface area contributed by atoms with Gasteiger partial charge in [0.2, 0.25) is 0 Å². The van der Waals surface area contributed by atoms with Crippen LogP contribution in [0.5, 0.6) is 23.0 Å². The van der Waals surface area contributed by atoms with Crippen molar-refractivity contribution >= 4 is 12.4 Å². The van der Waals surface area contributed by atoms with Crippen molar-refractivity contribution in [3.63, 3.8) is 0 Å². The molecule has 1 saturated carbocycles. The van der Waals surface area contributed by atoms with E-state index < -0.39 is 29.1 Å². The van der Waals surface area contributed by atoms with E-state index in [9.17, 15) is 25.5 Å². The summed E-state index contributed by atoms with van der Waals surface area (Å²) >= 11 is 0. The van der Waals surface area contributed by atoms with Crippen LogP contribution >= 0.6 is 0 Å². The minimum Gasteiger partial charge on any atom is -0.873 e. The average Bonchev–Trinajstić information content (AvgIpc) is 2.70. The van der Waals surface area contributed by atoms with Gasteiger partial charge in [0.25, 0.3) is 0 Å². The Labute approximate surface area is 231 Å². The fraction of sp³-hybridized carbons (Fsp3) is 0.391. The van der Waals surface area contributed by atoms with Crippen molar-refractivity contribution in [3.05, 3.63) is 47.5 Å². The molecule has 3 rings (SSSR count). The zero-order valence-electron chi connectivity index (χ0n) is 17.8. The first-order valence-electron chi connectivity index (χ1n) is 9.95. The van der Waals surface area contributed by atoms with Crippen LogP contribution in [0.25, 0.3) is 0 Å². The van der Waals surface area contributed by atoms with E-state index in [2.05, 4.69) is 9.98 Å². The molecule has 1 aliphatic rings. The Morgan fingerprint density at radius 3 is 1.47 bits per heavy atom. The minimum absolute atomic E-state index is 0. The molecule has 0 unspecified atom stereocenters. The molecular formula is C23H25CuN2O5Sm. The van der Waals surface area contributed by atoms with E-state index in [0.717, 1.165) is 25.7 Å². The molecule has 0 saturated heterocycles. The Kier molecular flexibility index (Phi) is 15.0. The van der Waals surface area contributed by atoms with Gasteiger partial charge < -0.3 is 25.5 Å². The molecule has 0 amide bonds. The summed E-state index contributed by atoms with van der Waals surface area (Å²) in [6, 6.07) is 8.42. The van der Waals surface area contributed by atoms with Crippen LogP contribution in [0.15, 0.2) is 46.4 Å². The van der Waals surface area contributed by atoms with Gasteiger partial charge in [0, 0.05) is 12.4 Å². The van der Waals surface area contributed by atoms with Gasteiger partial charge in [-0.25, -0.2) is 0 Å². The largest absolute Gasteiger partial charge is 3.00 e. The molecule has 0 heterocycles. The molecule has 0 bridgehead atoms. The first-order chi connectivity index (χ1) is 14.3. The van der Waals surface area contributed by atoms with E-state index in [1.807, 2.05) is 0 Å². The van der Waals surface area contributed by atoms with Crippen molar-refractivity contribution in [1.82, 2.24) is 0 Å². The Morgan fingerprint density at radius 2 is 1.12 bits per heavy atom. The second-order valence-electron chi connectivity index (χ2n) is 7.37. The Morgan fingerprint density at radius 1 is 0.781 bits per heavy atom. The predicted molar refractivity (Wildman–Crippen MR) is 107 cm³/mol. The maximum Gasteiger partial charge on any atom is 3.00 e. The molecule has 0 spiro atoms. The van der Waals surface area contributed by atoms with Crippen LogP contribution in [-0.2, 0) is 17.1 Å². The number of nitrogens with zero attached hydrogens (tertiary/aromatic N) is 2. The van der Waals surface area contributed by atoms with E-state index in [1.165, 1.54) is 36.7 Å². The fourth-order valence-corrected chi connectivity index (χ4v) is 3.06. The molecular weight excluding hydrogens is 598 g/mol. The summed E-state index contributed by atoms with van der Waals surface area (Å²) in [4.78, 5) is 8.94. The summed E-state index contributed by atoms with van der Waals surface area (Å²) in [5.41, 5.74) is 0.540. The van der Waals surface area contributed by atoms with Crippen molar-refractivity contribution in [3.8, 4) is 23.0 Å². The Balaban J connectivity index is 0.00000148. The SMILES string of the molecule is CC(C)[O-].[Cu+2].[O-]c1cccc(C=N[C@@H]2CCCC[C@H]2N=Cc2cccc([O-])c2[O-])c1[O-].[Sm+3]. The Bertz CT molecular complexity index is 820. The minimum atomic E-state index is -0.560. The Hall–Kier alpha value is -1.20. The van der Waals surface area contributed by atoms with Crippen molar-refractivity contribution in [1.29, 1.82) is 0 Å². The summed E-state index contributed by atoms with van der Waals surface area (Å²) in [6.45, 7) is 3.22. The van der Waals surface area contributed by atoms with Gasteiger partial charge in [-0.3, -0.25) is 9.98 Å². The number of benzene rings is 2. The standard InChI is InChI=1S/C20H22N2O4.C3H7O.Cu.Sm/c23-17-9-3-5-13(19(17)25)11-21-15-7-1-2-8-16(15)22-12-14-6-4-10-18(24)20(14)26;1-3(2)4;;/h3-6,9-12,15-16,23-26H,1-2,7-8H2;3H,1-2H3;;/q;-1;+2;+3/p-4/t15-,16-;;;/m1.../s1. The summed E-state index contributed by atoms with van der Waals surface area (Å²) < 4.78 is 0. The summed E-state index contributed by atoms with van der Waals surface area (Å²) in [7, 11) is 0. The second kappa shape index (κ2) is 15.6. The van der Waals surface area contributed by atoms with Gasteiger partial charge >= 0.3 is 57.5 Å². The number of para-hydroxylation sites is 2. The van der Waals surface area contributed by atoms with Gasteiger partial charge in [0.15, 0.2) is 0 Å². The topological polar surface area (TPSA) is 140 Å². The number of hydrogen-bond donors (Lipinski definition) is 0. The molecule has 9 heteroatoms. The first-order valence-corrected chi connectivity index (χ1v) is 9.95. The van der Waals surface area contributed by atoms with Crippen molar-refractivity contribution in [2.75, 3.05) is 0 Å². The van der Waals surface area contributed by atoms with E-state index in [0.29, 0.717) is 0 Å². The van der Waals surface area contributed by atoms with Crippen LogP contribution in [0.1, 0.15) is 50.7 Å². The van der Waals surface area contributed by atoms with Crippen LogP contribution in [0.3, 0.4) is 0 Å². The fourth-order valence-electron chi connectivity index (χ4n) is 3.06. The van der Waals surface area contributed by atoms with Crippen molar-refractivity contribution in [2.45, 2.75) is 57.7 Å².